The Balaban J connectivity index is 2.06. The molecule has 0 spiro atoms. The summed E-state index contributed by atoms with van der Waals surface area (Å²) in [6.07, 6.45) is 0.897. The van der Waals surface area contributed by atoms with Gasteiger partial charge in [-0.3, -0.25) is 0 Å². The SMILES string of the molecule is CCC(NCc1ccccc1Cl)c1cccc(F)c1. The fraction of sp³-hybridized carbons (Fsp3) is 0.250. The normalized spacial score (nSPS) is 12.4. The van der Waals surface area contributed by atoms with Crippen molar-refractivity contribution < 1.29 is 4.39 Å². The van der Waals surface area contributed by atoms with E-state index in [2.05, 4.69) is 12.2 Å². The summed E-state index contributed by atoms with van der Waals surface area (Å²) < 4.78 is 13.2. The summed E-state index contributed by atoms with van der Waals surface area (Å²) in [7, 11) is 0. The minimum Gasteiger partial charge on any atom is -0.306 e. The van der Waals surface area contributed by atoms with E-state index < -0.39 is 0 Å². The summed E-state index contributed by atoms with van der Waals surface area (Å²) >= 11 is 6.12. The third-order valence-electron chi connectivity index (χ3n) is 3.16. The number of rotatable bonds is 5. The van der Waals surface area contributed by atoms with Crippen molar-refractivity contribution >= 4 is 11.6 Å². The van der Waals surface area contributed by atoms with E-state index in [-0.39, 0.29) is 11.9 Å². The highest BCUT2D eigenvalue weighted by atomic mass is 35.5. The van der Waals surface area contributed by atoms with Crippen LogP contribution in [0.4, 0.5) is 4.39 Å². The largest absolute Gasteiger partial charge is 0.306 e. The molecule has 0 amide bonds. The molecule has 1 atom stereocenters. The fourth-order valence-electron chi connectivity index (χ4n) is 2.10. The van der Waals surface area contributed by atoms with E-state index in [9.17, 15) is 4.39 Å². The highest BCUT2D eigenvalue weighted by Crippen LogP contribution is 2.20. The van der Waals surface area contributed by atoms with Gasteiger partial charge in [0.25, 0.3) is 0 Å². The predicted molar refractivity (Wildman–Crippen MR) is 77.7 cm³/mol. The fourth-order valence-corrected chi connectivity index (χ4v) is 2.30. The zero-order chi connectivity index (χ0) is 13.7. The molecule has 1 unspecified atom stereocenters. The molecule has 0 bridgehead atoms. The van der Waals surface area contributed by atoms with Crippen molar-refractivity contribution in [3.05, 3.63) is 70.5 Å². The second-order valence-electron chi connectivity index (χ2n) is 4.49. The smallest absolute Gasteiger partial charge is 0.123 e. The summed E-state index contributed by atoms with van der Waals surface area (Å²) in [4.78, 5) is 0. The van der Waals surface area contributed by atoms with Gasteiger partial charge in [0.15, 0.2) is 0 Å². The molecule has 0 aliphatic rings. The van der Waals surface area contributed by atoms with E-state index in [4.69, 9.17) is 11.6 Å². The predicted octanol–water partition coefficient (Wildman–Crippen LogP) is 4.72. The van der Waals surface area contributed by atoms with E-state index in [0.29, 0.717) is 6.54 Å². The number of nitrogens with one attached hydrogen (secondary N) is 1. The zero-order valence-electron chi connectivity index (χ0n) is 10.9. The van der Waals surface area contributed by atoms with Crippen LogP contribution < -0.4 is 5.32 Å². The monoisotopic (exact) mass is 277 g/mol. The Morgan fingerprint density at radius 1 is 1.16 bits per heavy atom. The van der Waals surface area contributed by atoms with Gasteiger partial charge < -0.3 is 5.32 Å². The van der Waals surface area contributed by atoms with E-state index in [1.54, 1.807) is 12.1 Å². The molecule has 1 nitrogen and oxygen atoms in total. The molecule has 2 aromatic carbocycles. The van der Waals surface area contributed by atoms with Crippen molar-refractivity contribution in [2.45, 2.75) is 25.9 Å². The summed E-state index contributed by atoms with van der Waals surface area (Å²) in [5, 5.41) is 4.17. The van der Waals surface area contributed by atoms with E-state index in [1.165, 1.54) is 6.07 Å². The summed E-state index contributed by atoms with van der Waals surface area (Å²) in [5.74, 6) is -0.199. The quantitative estimate of drug-likeness (QED) is 0.834. The van der Waals surface area contributed by atoms with Crippen molar-refractivity contribution in [3.63, 3.8) is 0 Å². The second-order valence-corrected chi connectivity index (χ2v) is 4.90. The van der Waals surface area contributed by atoms with Crippen LogP contribution in [0.2, 0.25) is 5.02 Å². The van der Waals surface area contributed by atoms with E-state index >= 15 is 0 Å². The van der Waals surface area contributed by atoms with Crippen molar-refractivity contribution in [1.82, 2.24) is 5.32 Å². The molecule has 0 aromatic heterocycles. The highest BCUT2D eigenvalue weighted by Gasteiger charge is 2.10. The molecule has 2 aromatic rings. The average Bonchev–Trinajstić information content (AvgIpc) is 2.41. The molecule has 0 saturated carbocycles. The lowest BCUT2D eigenvalue weighted by Crippen LogP contribution is -2.20. The van der Waals surface area contributed by atoms with Crippen molar-refractivity contribution in [2.75, 3.05) is 0 Å². The zero-order valence-corrected chi connectivity index (χ0v) is 11.6. The number of hydrogen-bond acceptors (Lipinski definition) is 1. The van der Waals surface area contributed by atoms with Crippen LogP contribution in [-0.2, 0) is 6.54 Å². The molecular weight excluding hydrogens is 261 g/mol. The molecule has 19 heavy (non-hydrogen) atoms. The second kappa shape index (κ2) is 6.69. The molecule has 0 aliphatic heterocycles. The van der Waals surface area contributed by atoms with Gasteiger partial charge in [0, 0.05) is 17.6 Å². The minimum atomic E-state index is -0.199. The van der Waals surface area contributed by atoms with Crippen LogP contribution in [-0.4, -0.2) is 0 Å². The Bertz CT molecular complexity index is 542. The van der Waals surface area contributed by atoms with Crippen molar-refractivity contribution in [3.8, 4) is 0 Å². The lowest BCUT2D eigenvalue weighted by atomic mass is 10.0. The molecule has 1 N–H and O–H groups in total. The van der Waals surface area contributed by atoms with Crippen LogP contribution >= 0.6 is 11.6 Å². The van der Waals surface area contributed by atoms with Gasteiger partial charge in [-0.1, -0.05) is 48.9 Å². The van der Waals surface area contributed by atoms with Gasteiger partial charge in [-0.25, -0.2) is 4.39 Å². The Labute approximate surface area is 118 Å². The molecule has 0 fully saturated rings. The van der Waals surface area contributed by atoms with Gasteiger partial charge in [-0.2, -0.15) is 0 Å². The Kier molecular flexibility index (Phi) is 4.94. The molecule has 2 rings (SSSR count). The number of hydrogen-bond donors (Lipinski definition) is 1. The summed E-state index contributed by atoms with van der Waals surface area (Å²) in [5.41, 5.74) is 2.02. The van der Waals surface area contributed by atoms with Gasteiger partial charge in [-0.05, 0) is 35.7 Å². The average molecular weight is 278 g/mol. The topological polar surface area (TPSA) is 12.0 Å². The molecule has 0 heterocycles. The molecule has 0 saturated heterocycles. The first kappa shape index (κ1) is 14.0. The molecule has 0 aliphatic carbocycles. The molecule has 3 heteroatoms. The maximum Gasteiger partial charge on any atom is 0.123 e. The van der Waals surface area contributed by atoms with Crippen LogP contribution in [0.25, 0.3) is 0 Å². The van der Waals surface area contributed by atoms with Crippen LogP contribution in [0.15, 0.2) is 48.5 Å². The van der Waals surface area contributed by atoms with Crippen LogP contribution in [0.5, 0.6) is 0 Å². The number of halogens is 2. The van der Waals surface area contributed by atoms with Gasteiger partial charge in [0.1, 0.15) is 5.82 Å². The third-order valence-corrected chi connectivity index (χ3v) is 3.52. The molecule has 0 radical (unpaired) electrons. The lowest BCUT2D eigenvalue weighted by molar-refractivity contribution is 0.514. The van der Waals surface area contributed by atoms with Gasteiger partial charge >= 0.3 is 0 Å². The van der Waals surface area contributed by atoms with Crippen molar-refractivity contribution in [1.29, 1.82) is 0 Å². The first-order valence-corrected chi connectivity index (χ1v) is 6.80. The Morgan fingerprint density at radius 2 is 1.95 bits per heavy atom. The molecule has 100 valence electrons. The van der Waals surface area contributed by atoms with Gasteiger partial charge in [-0.15, -0.1) is 0 Å². The van der Waals surface area contributed by atoms with Gasteiger partial charge in [0.05, 0.1) is 0 Å². The van der Waals surface area contributed by atoms with Crippen molar-refractivity contribution in [2.24, 2.45) is 0 Å². The minimum absolute atomic E-state index is 0.131. The van der Waals surface area contributed by atoms with Crippen LogP contribution in [0.3, 0.4) is 0 Å². The number of benzene rings is 2. The standard InChI is InChI=1S/C16H17ClFN/c1-2-16(12-7-5-8-14(18)10-12)19-11-13-6-3-4-9-15(13)17/h3-10,16,19H,2,11H2,1H3. The van der Waals surface area contributed by atoms with Gasteiger partial charge in [0.2, 0.25) is 0 Å². The third kappa shape index (κ3) is 3.79. The summed E-state index contributed by atoms with van der Waals surface area (Å²) in [6, 6.07) is 14.6. The van der Waals surface area contributed by atoms with E-state index in [0.717, 1.165) is 22.6 Å². The maximum absolute atomic E-state index is 13.2. The molecular formula is C16H17ClFN. The van der Waals surface area contributed by atoms with Crippen LogP contribution in [0.1, 0.15) is 30.5 Å². The highest BCUT2D eigenvalue weighted by molar-refractivity contribution is 6.31. The lowest BCUT2D eigenvalue weighted by Gasteiger charge is -2.18. The summed E-state index contributed by atoms with van der Waals surface area (Å²) in [6.45, 7) is 2.75. The Morgan fingerprint density at radius 3 is 2.63 bits per heavy atom. The van der Waals surface area contributed by atoms with Crippen LogP contribution in [0, 0.1) is 5.82 Å². The maximum atomic E-state index is 13.2. The Hall–Kier alpha value is -1.38. The van der Waals surface area contributed by atoms with E-state index in [1.807, 2.05) is 30.3 Å². The first-order chi connectivity index (χ1) is 9.20. The first-order valence-electron chi connectivity index (χ1n) is 6.43.